The summed E-state index contributed by atoms with van der Waals surface area (Å²) < 4.78 is 7.23. The van der Waals surface area contributed by atoms with Gasteiger partial charge in [0.2, 0.25) is 11.9 Å². The summed E-state index contributed by atoms with van der Waals surface area (Å²) in [4.78, 5) is 37.8. The first-order chi connectivity index (χ1) is 15.7. The fraction of sp³-hybridized carbons (Fsp3) is 0.364. The summed E-state index contributed by atoms with van der Waals surface area (Å²) >= 11 is 0. The highest BCUT2D eigenvalue weighted by Crippen LogP contribution is 2.51. The van der Waals surface area contributed by atoms with E-state index in [9.17, 15) is 9.59 Å². The highest BCUT2D eigenvalue weighted by molar-refractivity contribution is 6.00. The van der Waals surface area contributed by atoms with Gasteiger partial charge in [0, 0.05) is 26.2 Å². The maximum Gasteiger partial charge on any atom is 0.256 e. The van der Waals surface area contributed by atoms with Gasteiger partial charge in [0.1, 0.15) is 17.7 Å². The Morgan fingerprint density at radius 3 is 2.61 bits per heavy atom. The standard InChI is InChI=1S/C22H26N8O3/c1-22(2)9-14(22)20(32)28-21-24-10-13(19(31)23-3)18(27-21)26-15-8-6-7-12(16(15)33-5)17-25-11-30(4)29-17/h6-8,10-11,14H,9H2,1-5H3,(H,23,31)(H2,24,26,27,28,32). The Morgan fingerprint density at radius 2 is 2.00 bits per heavy atom. The molecule has 3 N–H and O–H groups in total. The molecule has 11 heteroatoms. The molecule has 33 heavy (non-hydrogen) atoms. The predicted octanol–water partition coefficient (Wildman–Crippen LogP) is 2.37. The number of rotatable bonds is 7. The summed E-state index contributed by atoms with van der Waals surface area (Å²) in [6.45, 7) is 4.07. The van der Waals surface area contributed by atoms with Crippen LogP contribution in [0.25, 0.3) is 11.4 Å². The van der Waals surface area contributed by atoms with Crippen LogP contribution in [0.1, 0.15) is 30.6 Å². The Kier molecular flexibility index (Phi) is 5.71. The average Bonchev–Trinajstić information content (AvgIpc) is 3.22. The molecule has 172 valence electrons. The monoisotopic (exact) mass is 450 g/mol. The lowest BCUT2D eigenvalue weighted by molar-refractivity contribution is -0.118. The number of para-hydroxylation sites is 1. The molecule has 0 bridgehead atoms. The van der Waals surface area contributed by atoms with E-state index >= 15 is 0 Å². The minimum atomic E-state index is -0.375. The number of hydrogen-bond acceptors (Lipinski definition) is 8. The molecule has 1 saturated carbocycles. The lowest BCUT2D eigenvalue weighted by atomic mass is 10.1. The molecule has 1 aliphatic carbocycles. The number of methoxy groups -OCH3 is 1. The number of hydrogen-bond donors (Lipinski definition) is 3. The van der Waals surface area contributed by atoms with Crippen molar-refractivity contribution in [1.29, 1.82) is 0 Å². The molecule has 2 amide bonds. The maximum absolute atomic E-state index is 12.5. The highest BCUT2D eigenvalue weighted by Gasteiger charge is 2.50. The second kappa shape index (κ2) is 8.49. The molecule has 1 aliphatic rings. The van der Waals surface area contributed by atoms with Gasteiger partial charge in [-0.25, -0.2) is 9.97 Å². The zero-order valence-corrected chi connectivity index (χ0v) is 19.1. The highest BCUT2D eigenvalue weighted by atomic mass is 16.5. The zero-order valence-electron chi connectivity index (χ0n) is 19.1. The van der Waals surface area contributed by atoms with Crippen molar-refractivity contribution in [3.05, 3.63) is 36.3 Å². The van der Waals surface area contributed by atoms with Crippen molar-refractivity contribution in [3.8, 4) is 17.1 Å². The van der Waals surface area contributed by atoms with Crippen LogP contribution in [0.4, 0.5) is 17.5 Å². The topological polar surface area (TPSA) is 136 Å². The van der Waals surface area contributed by atoms with Crippen LogP contribution in [-0.2, 0) is 11.8 Å². The normalized spacial score (nSPS) is 16.1. The van der Waals surface area contributed by atoms with E-state index in [-0.39, 0.29) is 40.5 Å². The van der Waals surface area contributed by atoms with E-state index in [0.29, 0.717) is 22.8 Å². The SMILES string of the molecule is CNC(=O)c1cnc(NC(=O)C2CC2(C)C)nc1Nc1cccc(-c2ncn(C)n2)c1OC. The van der Waals surface area contributed by atoms with E-state index in [1.807, 2.05) is 26.0 Å². The molecule has 4 rings (SSSR count). The molecular formula is C22H26N8O3. The number of nitrogens with zero attached hydrogens (tertiary/aromatic N) is 5. The van der Waals surface area contributed by atoms with E-state index in [0.717, 1.165) is 6.42 Å². The van der Waals surface area contributed by atoms with Gasteiger partial charge in [-0.1, -0.05) is 19.9 Å². The largest absolute Gasteiger partial charge is 0.494 e. The zero-order chi connectivity index (χ0) is 23.8. The van der Waals surface area contributed by atoms with E-state index in [1.54, 1.807) is 24.1 Å². The Morgan fingerprint density at radius 1 is 1.24 bits per heavy atom. The van der Waals surface area contributed by atoms with E-state index in [1.165, 1.54) is 20.4 Å². The molecule has 1 fully saturated rings. The molecule has 0 spiro atoms. The van der Waals surface area contributed by atoms with Crippen molar-refractivity contribution < 1.29 is 14.3 Å². The second-order valence-electron chi connectivity index (χ2n) is 8.52. The number of ether oxygens (including phenoxy) is 1. The molecule has 1 unspecified atom stereocenters. The van der Waals surface area contributed by atoms with Crippen LogP contribution in [0.5, 0.6) is 5.75 Å². The minimum absolute atomic E-state index is 0.0273. The fourth-order valence-electron chi connectivity index (χ4n) is 3.57. The minimum Gasteiger partial charge on any atom is -0.494 e. The van der Waals surface area contributed by atoms with Gasteiger partial charge in [-0.15, -0.1) is 0 Å². The van der Waals surface area contributed by atoms with Gasteiger partial charge in [-0.3, -0.25) is 19.6 Å². The second-order valence-corrected chi connectivity index (χ2v) is 8.52. The number of aromatic nitrogens is 5. The maximum atomic E-state index is 12.5. The van der Waals surface area contributed by atoms with Gasteiger partial charge in [-0.2, -0.15) is 10.1 Å². The van der Waals surface area contributed by atoms with Crippen LogP contribution in [0.3, 0.4) is 0 Å². The number of anilines is 3. The molecule has 0 saturated heterocycles. The first kappa shape index (κ1) is 22.2. The summed E-state index contributed by atoms with van der Waals surface area (Å²) in [7, 11) is 4.83. The van der Waals surface area contributed by atoms with Crippen LogP contribution >= 0.6 is 0 Å². The number of nitrogens with one attached hydrogen (secondary N) is 3. The first-order valence-electron chi connectivity index (χ1n) is 10.4. The van der Waals surface area contributed by atoms with Gasteiger partial charge < -0.3 is 15.4 Å². The number of amides is 2. The number of benzene rings is 1. The third kappa shape index (κ3) is 4.47. The number of carbonyl (C=O) groups excluding carboxylic acids is 2. The lowest BCUT2D eigenvalue weighted by Crippen LogP contribution is -2.22. The quantitative estimate of drug-likeness (QED) is 0.499. The van der Waals surface area contributed by atoms with Crippen LogP contribution in [0, 0.1) is 11.3 Å². The molecule has 11 nitrogen and oxygen atoms in total. The lowest BCUT2D eigenvalue weighted by Gasteiger charge is -2.16. The predicted molar refractivity (Wildman–Crippen MR) is 122 cm³/mol. The van der Waals surface area contributed by atoms with Crippen LogP contribution in [-0.4, -0.2) is 50.7 Å². The van der Waals surface area contributed by atoms with E-state index < -0.39 is 0 Å². The van der Waals surface area contributed by atoms with Gasteiger partial charge >= 0.3 is 0 Å². The molecular weight excluding hydrogens is 424 g/mol. The smallest absolute Gasteiger partial charge is 0.256 e. The van der Waals surface area contributed by atoms with Gasteiger partial charge in [0.15, 0.2) is 11.6 Å². The molecule has 1 atom stereocenters. The molecule has 2 heterocycles. The van der Waals surface area contributed by atoms with Crippen molar-refractivity contribution >= 4 is 29.3 Å². The van der Waals surface area contributed by atoms with E-state index in [2.05, 4.69) is 36.0 Å². The average molecular weight is 451 g/mol. The van der Waals surface area contributed by atoms with Crippen LogP contribution < -0.4 is 20.7 Å². The van der Waals surface area contributed by atoms with Crippen molar-refractivity contribution in [3.63, 3.8) is 0 Å². The molecule has 2 aromatic heterocycles. The van der Waals surface area contributed by atoms with Crippen LogP contribution in [0.2, 0.25) is 0 Å². The van der Waals surface area contributed by atoms with Crippen LogP contribution in [0.15, 0.2) is 30.7 Å². The molecule has 0 aliphatic heterocycles. The van der Waals surface area contributed by atoms with Crippen molar-refractivity contribution in [2.75, 3.05) is 24.8 Å². The van der Waals surface area contributed by atoms with Gasteiger partial charge in [0.05, 0.1) is 18.4 Å². The Balaban J connectivity index is 1.69. The molecule has 1 aromatic carbocycles. The molecule has 3 aromatic rings. The first-order valence-corrected chi connectivity index (χ1v) is 10.4. The van der Waals surface area contributed by atoms with Crippen molar-refractivity contribution in [1.82, 2.24) is 30.0 Å². The van der Waals surface area contributed by atoms with E-state index in [4.69, 9.17) is 4.74 Å². The van der Waals surface area contributed by atoms with Gasteiger partial charge in [-0.05, 0) is 24.0 Å². The molecule has 0 radical (unpaired) electrons. The van der Waals surface area contributed by atoms with Crippen molar-refractivity contribution in [2.24, 2.45) is 18.4 Å². The summed E-state index contributed by atoms with van der Waals surface area (Å²) in [5, 5.41) is 12.8. The van der Waals surface area contributed by atoms with Gasteiger partial charge in [0.25, 0.3) is 5.91 Å². The Labute approximate surface area is 191 Å². The third-order valence-corrected chi connectivity index (χ3v) is 5.64. The fourth-order valence-corrected chi connectivity index (χ4v) is 3.57. The number of carbonyl (C=O) groups is 2. The summed E-state index contributed by atoms with van der Waals surface area (Å²) in [6.07, 6.45) is 3.78. The summed E-state index contributed by atoms with van der Waals surface area (Å²) in [5.41, 5.74) is 1.40. The summed E-state index contributed by atoms with van der Waals surface area (Å²) in [6, 6.07) is 5.43. The Hall–Kier alpha value is -4.02. The Bertz CT molecular complexity index is 1220. The number of aryl methyl sites for hydroxylation is 1. The summed E-state index contributed by atoms with van der Waals surface area (Å²) in [5.74, 6) is 0.708. The third-order valence-electron chi connectivity index (χ3n) is 5.64. The van der Waals surface area contributed by atoms with Crippen molar-refractivity contribution in [2.45, 2.75) is 20.3 Å².